The predicted octanol–water partition coefficient (Wildman–Crippen LogP) is 4.42. The Morgan fingerprint density at radius 1 is 1.10 bits per heavy atom. The second kappa shape index (κ2) is 10.1. The summed E-state index contributed by atoms with van der Waals surface area (Å²) in [6.45, 7) is 6.72. The van der Waals surface area contributed by atoms with Gasteiger partial charge in [-0.3, -0.25) is 4.72 Å². The molecule has 0 heterocycles. The molecule has 0 saturated carbocycles. The highest BCUT2D eigenvalue weighted by Gasteiger charge is 2.25. The Bertz CT molecular complexity index is 1070. The van der Waals surface area contributed by atoms with Crippen LogP contribution in [0.2, 0.25) is 0 Å². The van der Waals surface area contributed by atoms with Crippen LogP contribution < -0.4 is 4.72 Å². The normalized spacial score (nSPS) is 14.0. The van der Waals surface area contributed by atoms with Crippen molar-refractivity contribution in [3.05, 3.63) is 64.7 Å². The third-order valence-electron chi connectivity index (χ3n) is 5.75. The van der Waals surface area contributed by atoms with E-state index in [1.54, 1.807) is 30.3 Å². The fourth-order valence-electron chi connectivity index (χ4n) is 4.03. The molecule has 3 rings (SSSR count). The highest BCUT2D eigenvalue weighted by molar-refractivity contribution is 7.92. The van der Waals surface area contributed by atoms with Crippen molar-refractivity contribution in [3.8, 4) is 0 Å². The molecular weight excluding hydrogens is 412 g/mol. The van der Waals surface area contributed by atoms with Crippen LogP contribution in [0.4, 0.5) is 5.69 Å². The molecule has 0 bridgehead atoms. The number of likely N-dealkylation sites (N-methyl/N-ethyl adjacent to an activating group) is 1. The number of hydrogen-bond donors (Lipinski definition) is 2. The van der Waals surface area contributed by atoms with E-state index < -0.39 is 16.0 Å². The molecule has 0 fully saturated rings. The van der Waals surface area contributed by atoms with Gasteiger partial charge in [0.1, 0.15) is 0 Å². The highest BCUT2D eigenvalue weighted by Crippen LogP contribution is 2.31. The molecule has 2 N–H and O–H groups in total. The van der Waals surface area contributed by atoms with E-state index in [0.717, 1.165) is 50.0 Å². The second-order valence-corrected chi connectivity index (χ2v) is 9.32. The van der Waals surface area contributed by atoms with Crippen molar-refractivity contribution in [2.75, 3.05) is 24.4 Å². The Labute approximate surface area is 184 Å². The molecule has 166 valence electrons. The minimum Gasteiger partial charge on any atom is -0.478 e. The Morgan fingerprint density at radius 2 is 1.81 bits per heavy atom. The number of carboxylic acid groups (broad SMARTS) is 1. The molecule has 1 aliphatic carbocycles. The number of nitrogens with zero attached hydrogens (tertiary/aromatic N) is 1. The molecule has 0 amide bonds. The van der Waals surface area contributed by atoms with Crippen LogP contribution in [-0.4, -0.2) is 44.0 Å². The van der Waals surface area contributed by atoms with E-state index in [2.05, 4.69) is 23.5 Å². The number of rotatable bonds is 9. The maximum absolute atomic E-state index is 13.2. The first-order valence-corrected chi connectivity index (χ1v) is 12.2. The van der Waals surface area contributed by atoms with Gasteiger partial charge in [0.25, 0.3) is 10.0 Å². The summed E-state index contributed by atoms with van der Waals surface area (Å²) in [4.78, 5) is 14.3. The van der Waals surface area contributed by atoms with Crippen LogP contribution >= 0.6 is 0 Å². The summed E-state index contributed by atoms with van der Waals surface area (Å²) in [7, 11) is -3.97. The Hall–Kier alpha value is -2.64. The standard InChI is InChI=1S/C24H30N2O4S/c1-3-26(4-2)17-9-12-19-11-6-8-14-22(19)31(29,30)25-21-16-15-18-10-5-7-13-20(18)23(21)24(27)28/h6,8-9,11-12,14-16,25H,3-5,7,10,13,17H2,1-2H3,(H,27,28)/b12-9+. The number of aryl methyl sites for hydroxylation is 1. The van der Waals surface area contributed by atoms with E-state index >= 15 is 0 Å². The third-order valence-corrected chi connectivity index (χ3v) is 7.19. The van der Waals surface area contributed by atoms with Crippen molar-refractivity contribution < 1.29 is 18.3 Å². The maximum atomic E-state index is 13.2. The van der Waals surface area contributed by atoms with E-state index in [9.17, 15) is 18.3 Å². The van der Waals surface area contributed by atoms with Gasteiger partial charge in [-0.15, -0.1) is 0 Å². The summed E-state index contributed by atoms with van der Waals surface area (Å²) in [5.74, 6) is -1.11. The van der Waals surface area contributed by atoms with Gasteiger partial charge in [0, 0.05) is 6.54 Å². The zero-order valence-corrected chi connectivity index (χ0v) is 18.9. The number of nitrogens with one attached hydrogen (secondary N) is 1. The first-order valence-electron chi connectivity index (χ1n) is 10.8. The van der Waals surface area contributed by atoms with Gasteiger partial charge in [0.2, 0.25) is 0 Å². The van der Waals surface area contributed by atoms with Gasteiger partial charge in [-0.2, -0.15) is 0 Å². The van der Waals surface area contributed by atoms with E-state index in [4.69, 9.17) is 0 Å². The van der Waals surface area contributed by atoms with Gasteiger partial charge in [-0.25, -0.2) is 13.2 Å². The minimum absolute atomic E-state index is 0.0651. The molecule has 0 radical (unpaired) electrons. The zero-order chi connectivity index (χ0) is 22.4. The van der Waals surface area contributed by atoms with Gasteiger partial charge in [-0.1, -0.05) is 50.3 Å². The Balaban J connectivity index is 1.94. The monoisotopic (exact) mass is 442 g/mol. The van der Waals surface area contributed by atoms with E-state index in [1.165, 1.54) is 6.07 Å². The molecule has 6 nitrogen and oxygen atoms in total. The molecule has 0 spiro atoms. The molecule has 2 aromatic carbocycles. The minimum atomic E-state index is -3.97. The van der Waals surface area contributed by atoms with Gasteiger partial charge < -0.3 is 10.0 Å². The number of sulfonamides is 1. The number of hydrogen-bond acceptors (Lipinski definition) is 4. The summed E-state index contributed by atoms with van der Waals surface area (Å²) in [5, 5.41) is 9.81. The number of aromatic carboxylic acids is 1. The molecule has 0 aromatic heterocycles. The maximum Gasteiger partial charge on any atom is 0.338 e. The van der Waals surface area contributed by atoms with Crippen LogP contribution in [0.25, 0.3) is 6.08 Å². The number of fused-ring (bicyclic) bond motifs is 1. The molecule has 31 heavy (non-hydrogen) atoms. The Morgan fingerprint density at radius 3 is 2.52 bits per heavy atom. The largest absolute Gasteiger partial charge is 0.478 e. The van der Waals surface area contributed by atoms with Crippen molar-refractivity contribution >= 4 is 27.8 Å². The van der Waals surface area contributed by atoms with E-state index in [1.807, 2.05) is 12.1 Å². The molecule has 0 atom stereocenters. The predicted molar refractivity (Wildman–Crippen MR) is 124 cm³/mol. The highest BCUT2D eigenvalue weighted by atomic mass is 32.2. The molecule has 0 saturated heterocycles. The zero-order valence-electron chi connectivity index (χ0n) is 18.1. The number of carbonyl (C=O) groups is 1. The lowest BCUT2D eigenvalue weighted by molar-refractivity contribution is 0.0696. The smallest absolute Gasteiger partial charge is 0.338 e. The third kappa shape index (κ3) is 5.35. The van der Waals surface area contributed by atoms with Crippen LogP contribution in [0.1, 0.15) is 53.7 Å². The molecule has 1 aliphatic rings. The van der Waals surface area contributed by atoms with Crippen LogP contribution in [0.15, 0.2) is 47.4 Å². The lowest BCUT2D eigenvalue weighted by atomic mass is 9.87. The number of anilines is 1. The Kier molecular flexibility index (Phi) is 7.51. The van der Waals surface area contributed by atoms with Gasteiger partial charge >= 0.3 is 5.97 Å². The second-order valence-electron chi connectivity index (χ2n) is 7.67. The van der Waals surface area contributed by atoms with Crippen LogP contribution in [0.3, 0.4) is 0 Å². The summed E-state index contributed by atoms with van der Waals surface area (Å²) in [6.07, 6.45) is 7.15. The number of benzene rings is 2. The molecule has 0 unspecified atom stereocenters. The average molecular weight is 443 g/mol. The summed E-state index contributed by atoms with van der Waals surface area (Å²) in [6, 6.07) is 10.2. The first-order chi connectivity index (χ1) is 14.9. The molecule has 0 aliphatic heterocycles. The summed E-state index contributed by atoms with van der Waals surface area (Å²) >= 11 is 0. The van der Waals surface area contributed by atoms with Crippen LogP contribution in [0, 0.1) is 0 Å². The van der Waals surface area contributed by atoms with Crippen molar-refractivity contribution in [2.24, 2.45) is 0 Å². The lowest BCUT2D eigenvalue weighted by Crippen LogP contribution is -2.22. The summed E-state index contributed by atoms with van der Waals surface area (Å²) < 4.78 is 29.0. The van der Waals surface area contributed by atoms with Gasteiger partial charge in [-0.05, 0) is 67.6 Å². The van der Waals surface area contributed by atoms with Crippen molar-refractivity contribution in [1.82, 2.24) is 4.90 Å². The van der Waals surface area contributed by atoms with Gasteiger partial charge in [0.05, 0.1) is 16.1 Å². The van der Waals surface area contributed by atoms with Crippen LogP contribution in [-0.2, 0) is 22.9 Å². The molecule has 2 aromatic rings. The topological polar surface area (TPSA) is 86.7 Å². The summed E-state index contributed by atoms with van der Waals surface area (Å²) in [5.41, 5.74) is 2.49. The van der Waals surface area contributed by atoms with Crippen molar-refractivity contribution in [2.45, 2.75) is 44.4 Å². The SMILES string of the molecule is CCN(CC)C/C=C/c1ccccc1S(=O)(=O)Nc1ccc2c(c1C(=O)O)CCCC2. The van der Waals surface area contributed by atoms with E-state index in [0.29, 0.717) is 12.0 Å². The van der Waals surface area contributed by atoms with Crippen molar-refractivity contribution in [1.29, 1.82) is 0 Å². The number of carboxylic acids is 1. The fourth-order valence-corrected chi connectivity index (χ4v) is 5.30. The first kappa shape index (κ1) is 23.0. The van der Waals surface area contributed by atoms with E-state index in [-0.39, 0.29) is 16.1 Å². The average Bonchev–Trinajstić information content (AvgIpc) is 2.76. The van der Waals surface area contributed by atoms with Crippen molar-refractivity contribution in [3.63, 3.8) is 0 Å². The van der Waals surface area contributed by atoms with Gasteiger partial charge in [0.15, 0.2) is 0 Å². The molecule has 7 heteroatoms. The fraction of sp³-hybridized carbons (Fsp3) is 0.375. The lowest BCUT2D eigenvalue weighted by Gasteiger charge is -2.21. The van der Waals surface area contributed by atoms with Crippen LogP contribution in [0.5, 0.6) is 0 Å². The quantitative estimate of drug-likeness (QED) is 0.600. The molecular formula is C24H30N2O4S.